The van der Waals surface area contributed by atoms with Gasteiger partial charge in [-0.1, -0.05) is 12.7 Å². The molecule has 0 atom stereocenters. The highest BCUT2D eigenvalue weighted by atomic mass is 35.5. The number of halogens is 1. The second-order valence-corrected chi connectivity index (χ2v) is 2.43. The first-order chi connectivity index (χ1) is 6.24. The summed E-state index contributed by atoms with van der Waals surface area (Å²) in [5, 5.41) is 8.59. The zero-order valence-electron chi connectivity index (χ0n) is 7.47. The molecule has 76 valence electrons. The smallest absolute Gasteiger partial charge is 0.335 e. The molecule has 1 N–H and O–H groups in total. The molecule has 0 saturated heterocycles. The monoisotopic (exact) mass is 214 g/mol. The lowest BCUT2D eigenvalue weighted by molar-refractivity contribution is 0.0697. The number of hydrogen-bond acceptors (Lipinski definition) is 2. The van der Waals surface area contributed by atoms with Crippen LogP contribution in [0.1, 0.15) is 10.4 Å². The number of carboxylic acids is 1. The van der Waals surface area contributed by atoms with Gasteiger partial charge >= 0.3 is 5.97 Å². The van der Waals surface area contributed by atoms with Gasteiger partial charge in [-0.15, -0.1) is 12.4 Å². The van der Waals surface area contributed by atoms with Crippen LogP contribution in [0.15, 0.2) is 36.9 Å². The molecule has 3 nitrogen and oxygen atoms in total. The van der Waals surface area contributed by atoms with Crippen LogP contribution < -0.4 is 4.74 Å². The summed E-state index contributed by atoms with van der Waals surface area (Å²) in [7, 11) is 0. The van der Waals surface area contributed by atoms with E-state index in [0.29, 0.717) is 12.4 Å². The van der Waals surface area contributed by atoms with Gasteiger partial charge in [0, 0.05) is 0 Å². The minimum Gasteiger partial charge on any atom is -0.490 e. The SMILES string of the molecule is C=CCOc1ccc(C(=O)O)cc1.Cl. The maximum atomic E-state index is 10.5. The Labute approximate surface area is 88.4 Å². The first-order valence-electron chi connectivity index (χ1n) is 3.81. The summed E-state index contributed by atoms with van der Waals surface area (Å²) in [5.41, 5.74) is 0.256. The number of hydrogen-bond donors (Lipinski definition) is 1. The van der Waals surface area contributed by atoms with E-state index in [0.717, 1.165) is 0 Å². The standard InChI is InChI=1S/C10H10O3.ClH/c1-2-7-13-9-5-3-8(4-6-9)10(11)12;/h2-6H,1,7H2,(H,11,12);1H. The maximum Gasteiger partial charge on any atom is 0.335 e. The lowest BCUT2D eigenvalue weighted by Gasteiger charge is -2.02. The van der Waals surface area contributed by atoms with Crippen LogP contribution in [0.4, 0.5) is 0 Å². The fourth-order valence-electron chi connectivity index (χ4n) is 0.849. The third-order valence-corrected chi connectivity index (χ3v) is 1.47. The van der Waals surface area contributed by atoms with Crippen LogP contribution in [-0.2, 0) is 0 Å². The predicted octanol–water partition coefficient (Wildman–Crippen LogP) is 2.37. The van der Waals surface area contributed by atoms with Gasteiger partial charge in [-0.05, 0) is 24.3 Å². The summed E-state index contributed by atoms with van der Waals surface area (Å²) in [4.78, 5) is 10.5. The summed E-state index contributed by atoms with van der Waals surface area (Å²) in [6.45, 7) is 3.93. The van der Waals surface area contributed by atoms with Crippen molar-refractivity contribution in [1.29, 1.82) is 0 Å². The molecule has 1 aromatic carbocycles. The van der Waals surface area contributed by atoms with Crippen molar-refractivity contribution in [2.24, 2.45) is 0 Å². The lowest BCUT2D eigenvalue weighted by atomic mass is 10.2. The Bertz CT molecular complexity index is 306. The number of rotatable bonds is 4. The highest BCUT2D eigenvalue weighted by Gasteiger charge is 2.00. The van der Waals surface area contributed by atoms with Crippen molar-refractivity contribution in [2.45, 2.75) is 0 Å². The minimum absolute atomic E-state index is 0. The second-order valence-electron chi connectivity index (χ2n) is 2.43. The molecule has 0 aliphatic rings. The predicted molar refractivity (Wildman–Crippen MR) is 56.3 cm³/mol. The molecule has 0 fully saturated rings. The number of carboxylic acid groups (broad SMARTS) is 1. The van der Waals surface area contributed by atoms with E-state index in [1.807, 2.05) is 0 Å². The van der Waals surface area contributed by atoms with E-state index in [2.05, 4.69) is 6.58 Å². The molecule has 14 heavy (non-hydrogen) atoms. The lowest BCUT2D eigenvalue weighted by Crippen LogP contribution is -1.97. The molecule has 0 saturated carbocycles. The zero-order chi connectivity index (χ0) is 9.68. The quantitative estimate of drug-likeness (QED) is 0.783. The third-order valence-electron chi connectivity index (χ3n) is 1.47. The fraction of sp³-hybridized carbons (Fsp3) is 0.100. The summed E-state index contributed by atoms with van der Waals surface area (Å²) in [5.74, 6) is -0.292. The van der Waals surface area contributed by atoms with E-state index in [-0.39, 0.29) is 18.0 Å². The van der Waals surface area contributed by atoms with E-state index in [9.17, 15) is 4.79 Å². The van der Waals surface area contributed by atoms with Crippen LogP contribution in [0.25, 0.3) is 0 Å². The molecule has 0 aliphatic heterocycles. The van der Waals surface area contributed by atoms with Crippen LogP contribution in [0.3, 0.4) is 0 Å². The Hall–Kier alpha value is -1.48. The first-order valence-corrected chi connectivity index (χ1v) is 3.81. The van der Waals surface area contributed by atoms with Crippen molar-refractivity contribution in [2.75, 3.05) is 6.61 Å². The molecule has 0 amide bonds. The van der Waals surface area contributed by atoms with Crippen molar-refractivity contribution in [1.82, 2.24) is 0 Å². The molecule has 0 aliphatic carbocycles. The molecule has 0 aromatic heterocycles. The van der Waals surface area contributed by atoms with Gasteiger partial charge in [0.15, 0.2) is 0 Å². The van der Waals surface area contributed by atoms with E-state index < -0.39 is 5.97 Å². The van der Waals surface area contributed by atoms with Crippen LogP contribution >= 0.6 is 12.4 Å². The average molecular weight is 215 g/mol. The fourth-order valence-corrected chi connectivity index (χ4v) is 0.849. The van der Waals surface area contributed by atoms with Gasteiger partial charge in [0.05, 0.1) is 5.56 Å². The van der Waals surface area contributed by atoms with E-state index >= 15 is 0 Å². The van der Waals surface area contributed by atoms with Crippen LogP contribution in [0, 0.1) is 0 Å². The molecule has 0 radical (unpaired) electrons. The van der Waals surface area contributed by atoms with Gasteiger partial charge in [0.1, 0.15) is 12.4 Å². The Morgan fingerprint density at radius 1 is 1.43 bits per heavy atom. The van der Waals surface area contributed by atoms with Gasteiger partial charge in [-0.25, -0.2) is 4.79 Å². The van der Waals surface area contributed by atoms with Gasteiger partial charge in [0.2, 0.25) is 0 Å². The molecular weight excluding hydrogens is 204 g/mol. The third kappa shape index (κ3) is 3.49. The van der Waals surface area contributed by atoms with Crippen LogP contribution in [0.5, 0.6) is 5.75 Å². The van der Waals surface area contributed by atoms with Gasteiger partial charge < -0.3 is 9.84 Å². The van der Waals surface area contributed by atoms with Crippen LogP contribution in [0.2, 0.25) is 0 Å². The minimum atomic E-state index is -0.935. The Balaban J connectivity index is 0.00000169. The van der Waals surface area contributed by atoms with Gasteiger partial charge in [-0.2, -0.15) is 0 Å². The molecule has 0 heterocycles. The Kier molecular flexibility index (Phi) is 5.41. The molecular formula is C10H11ClO3. The molecule has 1 rings (SSSR count). The molecule has 0 bridgehead atoms. The number of aromatic carboxylic acids is 1. The normalized spacial score (nSPS) is 8.57. The highest BCUT2D eigenvalue weighted by Crippen LogP contribution is 2.11. The number of benzene rings is 1. The van der Waals surface area contributed by atoms with Crippen molar-refractivity contribution < 1.29 is 14.6 Å². The van der Waals surface area contributed by atoms with E-state index in [4.69, 9.17) is 9.84 Å². The van der Waals surface area contributed by atoms with E-state index in [1.165, 1.54) is 12.1 Å². The zero-order valence-corrected chi connectivity index (χ0v) is 8.29. The average Bonchev–Trinajstić information content (AvgIpc) is 2.15. The molecule has 0 spiro atoms. The molecule has 0 unspecified atom stereocenters. The van der Waals surface area contributed by atoms with Gasteiger partial charge in [0.25, 0.3) is 0 Å². The molecule has 4 heteroatoms. The van der Waals surface area contributed by atoms with Crippen molar-refractivity contribution in [3.05, 3.63) is 42.5 Å². The summed E-state index contributed by atoms with van der Waals surface area (Å²) in [6, 6.07) is 6.24. The highest BCUT2D eigenvalue weighted by molar-refractivity contribution is 5.87. The summed E-state index contributed by atoms with van der Waals surface area (Å²) < 4.78 is 5.18. The topological polar surface area (TPSA) is 46.5 Å². The second kappa shape index (κ2) is 6.05. The van der Waals surface area contributed by atoms with E-state index in [1.54, 1.807) is 18.2 Å². The number of ether oxygens (including phenoxy) is 1. The van der Waals surface area contributed by atoms with Crippen molar-refractivity contribution in [3.63, 3.8) is 0 Å². The van der Waals surface area contributed by atoms with Crippen molar-refractivity contribution in [3.8, 4) is 5.75 Å². The van der Waals surface area contributed by atoms with Gasteiger partial charge in [-0.3, -0.25) is 0 Å². The molecule has 1 aromatic rings. The largest absolute Gasteiger partial charge is 0.490 e. The Morgan fingerprint density at radius 3 is 2.43 bits per heavy atom. The summed E-state index contributed by atoms with van der Waals surface area (Å²) in [6.07, 6.45) is 1.63. The first kappa shape index (κ1) is 12.5. The van der Waals surface area contributed by atoms with Crippen LogP contribution in [-0.4, -0.2) is 17.7 Å². The summed E-state index contributed by atoms with van der Waals surface area (Å²) >= 11 is 0. The Morgan fingerprint density at radius 2 is 2.00 bits per heavy atom. The maximum absolute atomic E-state index is 10.5. The number of carbonyl (C=O) groups is 1. The van der Waals surface area contributed by atoms with Crippen molar-refractivity contribution >= 4 is 18.4 Å².